The number of rotatable bonds is 5. The molecule has 2 aliphatic carbocycles. The van der Waals surface area contributed by atoms with Gasteiger partial charge < -0.3 is 9.84 Å². The maximum atomic E-state index is 10.7. The molecule has 20 heavy (non-hydrogen) atoms. The van der Waals surface area contributed by atoms with Crippen LogP contribution in [-0.4, -0.2) is 17.5 Å². The first kappa shape index (κ1) is 16.3. The van der Waals surface area contributed by atoms with E-state index in [2.05, 4.69) is 20.8 Å². The molecular formula is C18H34O2. The van der Waals surface area contributed by atoms with Crippen LogP contribution in [0.15, 0.2) is 0 Å². The minimum absolute atomic E-state index is 0.336. The Labute approximate surface area is 125 Å². The van der Waals surface area contributed by atoms with E-state index in [-0.39, 0.29) is 0 Å². The van der Waals surface area contributed by atoms with Gasteiger partial charge in [-0.3, -0.25) is 0 Å². The molecule has 1 N–H and O–H groups in total. The Balaban J connectivity index is 1.94. The van der Waals surface area contributed by atoms with Crippen LogP contribution in [0, 0.1) is 17.3 Å². The Morgan fingerprint density at radius 2 is 1.70 bits per heavy atom. The molecule has 2 heteroatoms. The molecule has 2 fully saturated rings. The standard InChI is InChI=1S/C18H34O2/c1-4-9-17(10-5-7-15(2)12-17)14-20-18(19)11-6-8-16(3)13-18/h15-16,19H,4-14H2,1-3H3/t15-,16-,17?,18?/m1/s1. The van der Waals surface area contributed by atoms with Crippen LogP contribution in [0.4, 0.5) is 0 Å². The summed E-state index contributed by atoms with van der Waals surface area (Å²) in [6, 6.07) is 0. The largest absolute Gasteiger partial charge is 0.365 e. The number of ether oxygens (including phenoxy) is 1. The van der Waals surface area contributed by atoms with Crippen molar-refractivity contribution in [2.75, 3.05) is 6.61 Å². The summed E-state index contributed by atoms with van der Waals surface area (Å²) < 4.78 is 6.14. The Bertz CT molecular complexity index is 300. The van der Waals surface area contributed by atoms with E-state index in [9.17, 15) is 5.11 Å². The number of hydrogen-bond donors (Lipinski definition) is 1. The van der Waals surface area contributed by atoms with Crippen molar-refractivity contribution in [1.29, 1.82) is 0 Å². The lowest BCUT2D eigenvalue weighted by Crippen LogP contribution is -2.42. The van der Waals surface area contributed by atoms with Gasteiger partial charge in [0, 0.05) is 12.8 Å². The lowest BCUT2D eigenvalue weighted by atomic mass is 9.68. The van der Waals surface area contributed by atoms with E-state index in [1.54, 1.807) is 0 Å². The Morgan fingerprint density at radius 1 is 1.05 bits per heavy atom. The topological polar surface area (TPSA) is 29.5 Å². The summed E-state index contributed by atoms with van der Waals surface area (Å²) in [7, 11) is 0. The zero-order valence-electron chi connectivity index (χ0n) is 13.8. The molecule has 2 nitrogen and oxygen atoms in total. The minimum Gasteiger partial charge on any atom is -0.365 e. The fourth-order valence-electron chi connectivity index (χ4n) is 4.62. The second-order valence-corrected chi connectivity index (χ2v) is 7.89. The van der Waals surface area contributed by atoms with Gasteiger partial charge in [0.2, 0.25) is 0 Å². The van der Waals surface area contributed by atoms with Crippen LogP contribution < -0.4 is 0 Å². The molecule has 2 rings (SSSR count). The first-order valence-electron chi connectivity index (χ1n) is 8.83. The third-order valence-electron chi connectivity index (χ3n) is 5.54. The van der Waals surface area contributed by atoms with Crippen molar-refractivity contribution >= 4 is 0 Å². The third-order valence-corrected chi connectivity index (χ3v) is 5.54. The van der Waals surface area contributed by atoms with Gasteiger partial charge in [0.1, 0.15) is 0 Å². The highest BCUT2D eigenvalue weighted by atomic mass is 16.6. The maximum absolute atomic E-state index is 10.7. The first-order chi connectivity index (χ1) is 9.47. The second kappa shape index (κ2) is 6.79. The van der Waals surface area contributed by atoms with Crippen molar-refractivity contribution in [1.82, 2.24) is 0 Å². The number of aliphatic hydroxyl groups is 1. The molecule has 118 valence electrons. The van der Waals surface area contributed by atoms with Gasteiger partial charge in [-0.1, -0.05) is 46.5 Å². The Kier molecular flexibility index (Phi) is 5.53. The van der Waals surface area contributed by atoms with E-state index in [1.165, 1.54) is 44.9 Å². The van der Waals surface area contributed by atoms with Gasteiger partial charge in [-0.05, 0) is 42.9 Å². The molecule has 0 aromatic carbocycles. The van der Waals surface area contributed by atoms with Crippen LogP contribution >= 0.6 is 0 Å². The van der Waals surface area contributed by atoms with Crippen LogP contribution in [-0.2, 0) is 4.74 Å². The molecule has 0 bridgehead atoms. The van der Waals surface area contributed by atoms with Crippen molar-refractivity contribution in [2.45, 2.75) is 90.8 Å². The zero-order chi connectivity index (χ0) is 14.6. The summed E-state index contributed by atoms with van der Waals surface area (Å²) in [4.78, 5) is 0. The van der Waals surface area contributed by atoms with Gasteiger partial charge in [0.05, 0.1) is 6.61 Å². The third kappa shape index (κ3) is 4.21. The highest BCUT2D eigenvalue weighted by molar-refractivity contribution is 4.87. The van der Waals surface area contributed by atoms with E-state index in [1.807, 2.05) is 0 Å². The van der Waals surface area contributed by atoms with Crippen LogP contribution in [0.3, 0.4) is 0 Å². The van der Waals surface area contributed by atoms with Gasteiger partial charge in [0.25, 0.3) is 0 Å². The van der Waals surface area contributed by atoms with Crippen LogP contribution in [0.1, 0.15) is 85.0 Å². The highest BCUT2D eigenvalue weighted by Gasteiger charge is 2.39. The molecule has 2 unspecified atom stereocenters. The van der Waals surface area contributed by atoms with Crippen molar-refractivity contribution in [3.05, 3.63) is 0 Å². The highest BCUT2D eigenvalue weighted by Crippen LogP contribution is 2.44. The zero-order valence-corrected chi connectivity index (χ0v) is 13.8. The Hall–Kier alpha value is -0.0800. The van der Waals surface area contributed by atoms with Crippen molar-refractivity contribution in [3.8, 4) is 0 Å². The predicted octanol–water partition coefficient (Wildman–Crippen LogP) is 4.90. The molecular weight excluding hydrogens is 248 g/mol. The molecule has 2 saturated carbocycles. The van der Waals surface area contributed by atoms with Crippen LogP contribution in [0.25, 0.3) is 0 Å². The molecule has 2 aliphatic rings. The first-order valence-corrected chi connectivity index (χ1v) is 8.83. The quantitative estimate of drug-likeness (QED) is 0.727. The van der Waals surface area contributed by atoms with Gasteiger partial charge >= 0.3 is 0 Å². The lowest BCUT2D eigenvalue weighted by Gasteiger charge is -2.43. The molecule has 0 spiro atoms. The number of hydrogen-bond acceptors (Lipinski definition) is 2. The fourth-order valence-corrected chi connectivity index (χ4v) is 4.62. The van der Waals surface area contributed by atoms with E-state index in [0.29, 0.717) is 11.3 Å². The predicted molar refractivity (Wildman–Crippen MR) is 83.5 cm³/mol. The maximum Gasteiger partial charge on any atom is 0.165 e. The van der Waals surface area contributed by atoms with Crippen molar-refractivity contribution in [2.24, 2.45) is 17.3 Å². The molecule has 0 amide bonds. The van der Waals surface area contributed by atoms with Crippen molar-refractivity contribution < 1.29 is 9.84 Å². The summed E-state index contributed by atoms with van der Waals surface area (Å²) in [6.45, 7) is 7.66. The Morgan fingerprint density at radius 3 is 2.30 bits per heavy atom. The lowest BCUT2D eigenvalue weighted by molar-refractivity contribution is -0.245. The SMILES string of the molecule is CCCC1(COC2(O)CCC[C@@H](C)C2)CCC[C@@H](C)C1. The normalized spacial score (nSPS) is 42.6. The molecule has 0 aromatic heterocycles. The van der Waals surface area contributed by atoms with E-state index < -0.39 is 5.79 Å². The fraction of sp³-hybridized carbons (Fsp3) is 1.00. The summed E-state index contributed by atoms with van der Waals surface area (Å²) >= 11 is 0. The van der Waals surface area contributed by atoms with E-state index >= 15 is 0 Å². The minimum atomic E-state index is -0.834. The smallest absolute Gasteiger partial charge is 0.165 e. The molecule has 0 saturated heterocycles. The van der Waals surface area contributed by atoms with Gasteiger partial charge in [-0.25, -0.2) is 0 Å². The summed E-state index contributed by atoms with van der Waals surface area (Å²) in [5.41, 5.74) is 0.336. The van der Waals surface area contributed by atoms with Crippen molar-refractivity contribution in [3.63, 3.8) is 0 Å². The van der Waals surface area contributed by atoms with Crippen LogP contribution in [0.5, 0.6) is 0 Å². The van der Waals surface area contributed by atoms with E-state index in [4.69, 9.17) is 4.74 Å². The van der Waals surface area contributed by atoms with Crippen LogP contribution in [0.2, 0.25) is 0 Å². The molecule has 0 aromatic rings. The van der Waals surface area contributed by atoms with Gasteiger partial charge in [-0.2, -0.15) is 0 Å². The van der Waals surface area contributed by atoms with E-state index in [0.717, 1.165) is 31.8 Å². The molecule has 4 atom stereocenters. The summed E-state index contributed by atoms with van der Waals surface area (Å²) in [6.07, 6.45) is 11.8. The molecule has 0 radical (unpaired) electrons. The monoisotopic (exact) mass is 282 g/mol. The molecule has 0 aliphatic heterocycles. The van der Waals surface area contributed by atoms with Gasteiger partial charge in [0.15, 0.2) is 5.79 Å². The average molecular weight is 282 g/mol. The van der Waals surface area contributed by atoms with Gasteiger partial charge in [-0.15, -0.1) is 0 Å². The second-order valence-electron chi connectivity index (χ2n) is 7.89. The average Bonchev–Trinajstić information content (AvgIpc) is 2.37. The molecule has 0 heterocycles. The summed E-state index contributed by atoms with van der Waals surface area (Å²) in [5, 5.41) is 10.7. The summed E-state index contributed by atoms with van der Waals surface area (Å²) in [5.74, 6) is 0.582.